The Labute approximate surface area is 125 Å². The standard InChI is InChI=1S/C16H22N4O/c1-4-8-21-13-7-5-6-12(9-13)16-18-14(11(2)3)10-15(19-16)20-17/h5-7,9-11H,4,8,17H2,1-3H3,(H,18,19,20). The molecule has 1 aromatic carbocycles. The number of nitrogens with zero attached hydrogens (tertiary/aromatic N) is 2. The average Bonchev–Trinajstić information content (AvgIpc) is 2.52. The van der Waals surface area contributed by atoms with Crippen LogP contribution in [0.2, 0.25) is 0 Å². The molecule has 3 N–H and O–H groups in total. The molecule has 0 unspecified atom stereocenters. The van der Waals surface area contributed by atoms with Gasteiger partial charge in [-0.15, -0.1) is 0 Å². The van der Waals surface area contributed by atoms with Crippen molar-refractivity contribution in [1.82, 2.24) is 9.97 Å². The highest BCUT2D eigenvalue weighted by molar-refractivity contribution is 5.59. The van der Waals surface area contributed by atoms with Crippen LogP contribution < -0.4 is 16.0 Å². The van der Waals surface area contributed by atoms with Gasteiger partial charge in [0.2, 0.25) is 0 Å². The Morgan fingerprint density at radius 1 is 1.24 bits per heavy atom. The number of rotatable bonds is 6. The molecule has 1 aromatic heterocycles. The molecule has 0 amide bonds. The van der Waals surface area contributed by atoms with Crippen molar-refractivity contribution in [2.24, 2.45) is 5.84 Å². The lowest BCUT2D eigenvalue weighted by Gasteiger charge is -2.11. The molecule has 2 aromatic rings. The smallest absolute Gasteiger partial charge is 0.161 e. The largest absolute Gasteiger partial charge is 0.494 e. The van der Waals surface area contributed by atoms with Gasteiger partial charge in [0.25, 0.3) is 0 Å². The van der Waals surface area contributed by atoms with Crippen LogP contribution in [0.25, 0.3) is 11.4 Å². The molecule has 0 fully saturated rings. The van der Waals surface area contributed by atoms with E-state index < -0.39 is 0 Å². The number of nitrogens with two attached hydrogens (primary N) is 1. The summed E-state index contributed by atoms with van der Waals surface area (Å²) in [6.07, 6.45) is 0.977. The molecule has 0 aliphatic heterocycles. The summed E-state index contributed by atoms with van der Waals surface area (Å²) >= 11 is 0. The normalized spacial score (nSPS) is 10.7. The van der Waals surface area contributed by atoms with Gasteiger partial charge in [-0.25, -0.2) is 15.8 Å². The first-order valence-corrected chi connectivity index (χ1v) is 7.23. The monoisotopic (exact) mass is 286 g/mol. The lowest BCUT2D eigenvalue weighted by atomic mass is 10.1. The van der Waals surface area contributed by atoms with E-state index in [1.54, 1.807) is 0 Å². The number of nitrogens with one attached hydrogen (secondary N) is 1. The predicted molar refractivity (Wildman–Crippen MR) is 85.2 cm³/mol. The van der Waals surface area contributed by atoms with Crippen LogP contribution in [0, 0.1) is 0 Å². The molecule has 2 rings (SSSR count). The van der Waals surface area contributed by atoms with Crippen molar-refractivity contribution < 1.29 is 4.74 Å². The van der Waals surface area contributed by atoms with Gasteiger partial charge in [-0.1, -0.05) is 32.9 Å². The van der Waals surface area contributed by atoms with Gasteiger partial charge in [-0.2, -0.15) is 0 Å². The second-order valence-corrected chi connectivity index (χ2v) is 5.18. The first-order chi connectivity index (χ1) is 10.1. The van der Waals surface area contributed by atoms with Gasteiger partial charge >= 0.3 is 0 Å². The fourth-order valence-corrected chi connectivity index (χ4v) is 1.91. The molecule has 5 nitrogen and oxygen atoms in total. The zero-order valence-electron chi connectivity index (χ0n) is 12.8. The molecule has 0 spiro atoms. The van der Waals surface area contributed by atoms with Gasteiger partial charge in [-0.3, -0.25) is 0 Å². The van der Waals surface area contributed by atoms with E-state index in [1.165, 1.54) is 0 Å². The summed E-state index contributed by atoms with van der Waals surface area (Å²) in [6.45, 7) is 6.96. The number of nitrogen functional groups attached to an aromatic ring is 1. The molecule has 0 aliphatic rings. The van der Waals surface area contributed by atoms with Gasteiger partial charge < -0.3 is 10.2 Å². The summed E-state index contributed by atoms with van der Waals surface area (Å²) in [6, 6.07) is 9.67. The molecule has 0 bridgehead atoms. The van der Waals surface area contributed by atoms with Gasteiger partial charge in [0.15, 0.2) is 5.82 Å². The summed E-state index contributed by atoms with van der Waals surface area (Å²) in [7, 11) is 0. The van der Waals surface area contributed by atoms with E-state index in [4.69, 9.17) is 10.6 Å². The van der Waals surface area contributed by atoms with Gasteiger partial charge in [-0.05, 0) is 24.5 Å². The molecular weight excluding hydrogens is 264 g/mol. The summed E-state index contributed by atoms with van der Waals surface area (Å²) < 4.78 is 5.66. The van der Waals surface area contributed by atoms with Crippen molar-refractivity contribution in [3.63, 3.8) is 0 Å². The third-order valence-electron chi connectivity index (χ3n) is 3.05. The Morgan fingerprint density at radius 2 is 2.05 bits per heavy atom. The molecule has 5 heteroatoms. The molecule has 0 saturated carbocycles. The minimum Gasteiger partial charge on any atom is -0.494 e. The van der Waals surface area contributed by atoms with E-state index in [-0.39, 0.29) is 0 Å². The van der Waals surface area contributed by atoms with E-state index in [2.05, 4.69) is 36.2 Å². The summed E-state index contributed by atoms with van der Waals surface area (Å²) in [5.74, 6) is 7.89. The maximum absolute atomic E-state index is 5.66. The topological polar surface area (TPSA) is 73.1 Å². The maximum atomic E-state index is 5.66. The Morgan fingerprint density at radius 3 is 2.71 bits per heavy atom. The number of hydrogen-bond donors (Lipinski definition) is 2. The number of hydrogen-bond acceptors (Lipinski definition) is 5. The van der Waals surface area contributed by atoms with Crippen LogP contribution in [0.4, 0.5) is 5.82 Å². The highest BCUT2D eigenvalue weighted by atomic mass is 16.5. The molecule has 0 radical (unpaired) electrons. The van der Waals surface area contributed by atoms with Crippen LogP contribution in [0.5, 0.6) is 5.75 Å². The maximum Gasteiger partial charge on any atom is 0.161 e. The Bertz CT molecular complexity index is 599. The third kappa shape index (κ3) is 3.92. The third-order valence-corrected chi connectivity index (χ3v) is 3.05. The predicted octanol–water partition coefficient (Wildman–Crippen LogP) is 3.34. The van der Waals surface area contributed by atoms with E-state index in [1.807, 2.05) is 30.3 Å². The number of hydrazine groups is 1. The SMILES string of the molecule is CCCOc1cccc(-c2nc(NN)cc(C(C)C)n2)c1. The molecule has 0 saturated heterocycles. The van der Waals surface area contributed by atoms with Crippen LogP contribution in [0.1, 0.15) is 38.8 Å². The molecule has 0 aliphatic carbocycles. The zero-order valence-corrected chi connectivity index (χ0v) is 12.8. The van der Waals surface area contributed by atoms with Crippen molar-refractivity contribution in [2.75, 3.05) is 12.0 Å². The van der Waals surface area contributed by atoms with Crippen LogP contribution in [0.15, 0.2) is 30.3 Å². The number of aromatic nitrogens is 2. The molecule has 0 atom stereocenters. The lowest BCUT2D eigenvalue weighted by molar-refractivity contribution is 0.317. The quantitative estimate of drug-likeness (QED) is 0.629. The van der Waals surface area contributed by atoms with Crippen LogP contribution in [-0.2, 0) is 0 Å². The first-order valence-electron chi connectivity index (χ1n) is 7.23. The fraction of sp³-hybridized carbons (Fsp3) is 0.375. The minimum atomic E-state index is 0.304. The van der Waals surface area contributed by atoms with Crippen molar-refractivity contribution in [2.45, 2.75) is 33.1 Å². The van der Waals surface area contributed by atoms with Crippen LogP contribution >= 0.6 is 0 Å². The van der Waals surface area contributed by atoms with Crippen molar-refractivity contribution in [3.8, 4) is 17.1 Å². The minimum absolute atomic E-state index is 0.304. The van der Waals surface area contributed by atoms with Gasteiger partial charge in [0.05, 0.1) is 6.61 Å². The summed E-state index contributed by atoms with van der Waals surface area (Å²) in [5, 5.41) is 0. The van der Waals surface area contributed by atoms with Crippen molar-refractivity contribution in [1.29, 1.82) is 0 Å². The van der Waals surface area contributed by atoms with Gasteiger partial charge in [0, 0.05) is 17.3 Å². The average molecular weight is 286 g/mol. The molecule has 1 heterocycles. The number of benzene rings is 1. The Balaban J connectivity index is 2.38. The zero-order chi connectivity index (χ0) is 15.2. The summed E-state index contributed by atoms with van der Waals surface area (Å²) in [4.78, 5) is 9.03. The van der Waals surface area contributed by atoms with E-state index in [0.29, 0.717) is 24.2 Å². The van der Waals surface area contributed by atoms with Crippen molar-refractivity contribution >= 4 is 5.82 Å². The first kappa shape index (κ1) is 15.3. The lowest BCUT2D eigenvalue weighted by Crippen LogP contribution is -2.11. The van der Waals surface area contributed by atoms with E-state index >= 15 is 0 Å². The fourth-order valence-electron chi connectivity index (χ4n) is 1.91. The Hall–Kier alpha value is -2.14. The second-order valence-electron chi connectivity index (χ2n) is 5.18. The molecular formula is C16H22N4O. The second kappa shape index (κ2) is 7.04. The van der Waals surface area contributed by atoms with Crippen LogP contribution in [0.3, 0.4) is 0 Å². The Kier molecular flexibility index (Phi) is 5.11. The van der Waals surface area contributed by atoms with Crippen molar-refractivity contribution in [3.05, 3.63) is 36.0 Å². The number of anilines is 1. The number of ether oxygens (including phenoxy) is 1. The molecule has 21 heavy (non-hydrogen) atoms. The highest BCUT2D eigenvalue weighted by Gasteiger charge is 2.10. The summed E-state index contributed by atoms with van der Waals surface area (Å²) in [5.41, 5.74) is 4.47. The van der Waals surface area contributed by atoms with Crippen LogP contribution in [-0.4, -0.2) is 16.6 Å². The molecule has 112 valence electrons. The van der Waals surface area contributed by atoms with E-state index in [0.717, 1.165) is 23.4 Å². The van der Waals surface area contributed by atoms with Gasteiger partial charge in [0.1, 0.15) is 11.6 Å². The highest BCUT2D eigenvalue weighted by Crippen LogP contribution is 2.24. The van der Waals surface area contributed by atoms with E-state index in [9.17, 15) is 0 Å².